The third kappa shape index (κ3) is 3.76. The lowest BCUT2D eigenvalue weighted by Gasteiger charge is -2.33. The number of likely N-dealkylation sites (tertiary alicyclic amines) is 1. The molecule has 1 N–H and O–H groups in total. The van der Waals surface area contributed by atoms with Crippen molar-refractivity contribution < 1.29 is 14.6 Å². The van der Waals surface area contributed by atoms with Crippen LogP contribution in [-0.4, -0.2) is 72.4 Å². The van der Waals surface area contributed by atoms with Crippen LogP contribution in [0.15, 0.2) is 0 Å². The molecule has 1 saturated carbocycles. The Bertz CT molecular complexity index is 351. The monoisotopic (exact) mass is 296 g/mol. The van der Waals surface area contributed by atoms with Crippen molar-refractivity contribution in [3.63, 3.8) is 0 Å². The van der Waals surface area contributed by atoms with Crippen molar-refractivity contribution in [2.75, 3.05) is 39.4 Å². The van der Waals surface area contributed by atoms with E-state index in [1.165, 1.54) is 32.1 Å². The number of rotatable bonds is 3. The Morgan fingerprint density at radius 3 is 2.52 bits per heavy atom. The number of carbonyl (C=O) groups excluding carboxylic acids is 1. The van der Waals surface area contributed by atoms with Gasteiger partial charge in [-0.05, 0) is 18.8 Å². The first-order valence-electron chi connectivity index (χ1n) is 8.51. The molecular weight excluding hydrogens is 268 g/mol. The predicted molar refractivity (Wildman–Crippen MR) is 80.0 cm³/mol. The highest BCUT2D eigenvalue weighted by molar-refractivity contribution is 5.77. The van der Waals surface area contributed by atoms with E-state index in [-0.39, 0.29) is 11.9 Å². The first-order chi connectivity index (χ1) is 10.2. The minimum absolute atomic E-state index is 0.101. The highest BCUT2D eigenvalue weighted by atomic mass is 16.5. The van der Waals surface area contributed by atoms with Crippen LogP contribution in [-0.2, 0) is 9.53 Å². The maximum atomic E-state index is 12.5. The van der Waals surface area contributed by atoms with E-state index in [4.69, 9.17) is 4.74 Å². The summed E-state index contributed by atoms with van der Waals surface area (Å²) >= 11 is 0. The second-order valence-electron chi connectivity index (χ2n) is 6.79. The Hall–Kier alpha value is -0.650. The first kappa shape index (κ1) is 15.3. The third-order valence-electron chi connectivity index (χ3n) is 5.31. The Kier molecular flexibility index (Phi) is 5.14. The lowest BCUT2D eigenvalue weighted by molar-refractivity contribution is -0.131. The number of amides is 1. The molecule has 3 rings (SSSR count). The van der Waals surface area contributed by atoms with E-state index < -0.39 is 6.10 Å². The SMILES string of the molecule is O=C(CC1CCCCC1)N1C[C@@H](O)[C@H](N2CCOCC2)C1. The van der Waals surface area contributed by atoms with Gasteiger partial charge in [0.05, 0.1) is 25.4 Å². The van der Waals surface area contributed by atoms with E-state index in [1.807, 2.05) is 4.90 Å². The maximum absolute atomic E-state index is 12.5. The molecule has 2 saturated heterocycles. The van der Waals surface area contributed by atoms with Gasteiger partial charge in [0.2, 0.25) is 5.91 Å². The van der Waals surface area contributed by atoms with Gasteiger partial charge in [-0.1, -0.05) is 19.3 Å². The molecule has 2 aliphatic heterocycles. The molecular formula is C16H28N2O3. The average Bonchev–Trinajstić information content (AvgIpc) is 2.91. The van der Waals surface area contributed by atoms with Crippen LogP contribution in [0.3, 0.4) is 0 Å². The number of aliphatic hydroxyl groups excluding tert-OH is 1. The van der Waals surface area contributed by atoms with Crippen molar-refractivity contribution in [3.05, 3.63) is 0 Å². The van der Waals surface area contributed by atoms with E-state index in [0.717, 1.165) is 26.3 Å². The van der Waals surface area contributed by atoms with Crippen molar-refractivity contribution in [1.82, 2.24) is 9.80 Å². The molecule has 0 radical (unpaired) electrons. The molecule has 0 unspecified atom stereocenters. The predicted octanol–water partition coefficient (Wildman–Crippen LogP) is 0.861. The van der Waals surface area contributed by atoms with Gasteiger partial charge in [0.15, 0.2) is 0 Å². The largest absolute Gasteiger partial charge is 0.390 e. The van der Waals surface area contributed by atoms with E-state index in [2.05, 4.69) is 4.90 Å². The van der Waals surface area contributed by atoms with Crippen LogP contribution < -0.4 is 0 Å². The number of carbonyl (C=O) groups is 1. The fourth-order valence-electron chi connectivity index (χ4n) is 4.01. The summed E-state index contributed by atoms with van der Waals surface area (Å²) in [5.41, 5.74) is 0. The number of nitrogens with zero attached hydrogens (tertiary/aromatic N) is 2. The van der Waals surface area contributed by atoms with Gasteiger partial charge in [-0.15, -0.1) is 0 Å². The lowest BCUT2D eigenvalue weighted by Crippen LogP contribution is -2.49. The molecule has 3 aliphatic rings. The molecule has 0 bridgehead atoms. The van der Waals surface area contributed by atoms with Gasteiger partial charge < -0.3 is 14.7 Å². The van der Waals surface area contributed by atoms with E-state index in [9.17, 15) is 9.90 Å². The van der Waals surface area contributed by atoms with Crippen molar-refractivity contribution >= 4 is 5.91 Å². The quantitative estimate of drug-likeness (QED) is 0.839. The van der Waals surface area contributed by atoms with Crippen LogP contribution in [0, 0.1) is 5.92 Å². The third-order valence-corrected chi connectivity index (χ3v) is 5.31. The zero-order valence-electron chi connectivity index (χ0n) is 12.9. The molecule has 2 heterocycles. The van der Waals surface area contributed by atoms with Crippen LogP contribution in [0.25, 0.3) is 0 Å². The first-order valence-corrected chi connectivity index (χ1v) is 8.51. The Morgan fingerprint density at radius 2 is 1.81 bits per heavy atom. The normalized spacial score (nSPS) is 32.5. The number of β-amino-alcohol motifs (C(OH)–C–C–N with tert-alkyl or cyclic N) is 1. The van der Waals surface area contributed by atoms with Crippen molar-refractivity contribution in [1.29, 1.82) is 0 Å². The molecule has 3 fully saturated rings. The molecule has 5 nitrogen and oxygen atoms in total. The zero-order chi connectivity index (χ0) is 14.7. The van der Waals surface area contributed by atoms with Gasteiger partial charge in [-0.3, -0.25) is 9.69 Å². The standard InChI is InChI=1S/C16H28N2O3/c19-15-12-18(11-14(15)17-6-8-21-9-7-17)16(20)10-13-4-2-1-3-5-13/h13-15,19H,1-12H2/t14-,15-/m1/s1. The summed E-state index contributed by atoms with van der Waals surface area (Å²) in [5, 5.41) is 10.3. The van der Waals surface area contributed by atoms with Crippen LogP contribution >= 0.6 is 0 Å². The van der Waals surface area contributed by atoms with Gasteiger partial charge in [-0.2, -0.15) is 0 Å². The van der Waals surface area contributed by atoms with Gasteiger partial charge in [0.25, 0.3) is 0 Å². The van der Waals surface area contributed by atoms with E-state index >= 15 is 0 Å². The minimum atomic E-state index is -0.404. The molecule has 21 heavy (non-hydrogen) atoms. The Morgan fingerprint density at radius 1 is 1.10 bits per heavy atom. The van der Waals surface area contributed by atoms with E-state index in [0.29, 0.717) is 25.4 Å². The molecule has 0 aromatic heterocycles. The number of ether oxygens (including phenoxy) is 1. The molecule has 1 aliphatic carbocycles. The summed E-state index contributed by atoms with van der Waals surface area (Å²) in [6.45, 7) is 4.40. The summed E-state index contributed by atoms with van der Waals surface area (Å²) in [6.07, 6.45) is 6.56. The topological polar surface area (TPSA) is 53.0 Å². The fourth-order valence-corrected chi connectivity index (χ4v) is 4.01. The van der Waals surface area contributed by atoms with Gasteiger partial charge in [-0.25, -0.2) is 0 Å². The zero-order valence-corrected chi connectivity index (χ0v) is 12.9. The summed E-state index contributed by atoms with van der Waals surface area (Å²) in [5.74, 6) is 0.822. The summed E-state index contributed by atoms with van der Waals surface area (Å²) in [6, 6.07) is 0.101. The summed E-state index contributed by atoms with van der Waals surface area (Å²) in [7, 11) is 0. The molecule has 120 valence electrons. The molecule has 0 aromatic carbocycles. The maximum Gasteiger partial charge on any atom is 0.222 e. The summed E-state index contributed by atoms with van der Waals surface area (Å²) < 4.78 is 5.37. The van der Waals surface area contributed by atoms with Crippen molar-refractivity contribution in [3.8, 4) is 0 Å². The average molecular weight is 296 g/mol. The number of aliphatic hydroxyl groups is 1. The van der Waals surface area contributed by atoms with Gasteiger partial charge in [0.1, 0.15) is 0 Å². The van der Waals surface area contributed by atoms with Gasteiger partial charge in [0, 0.05) is 32.6 Å². The van der Waals surface area contributed by atoms with Crippen LogP contribution in [0.2, 0.25) is 0 Å². The van der Waals surface area contributed by atoms with Crippen molar-refractivity contribution in [2.45, 2.75) is 50.7 Å². The Balaban J connectivity index is 1.50. The molecule has 0 spiro atoms. The highest BCUT2D eigenvalue weighted by Crippen LogP contribution is 2.28. The molecule has 2 atom stereocenters. The van der Waals surface area contributed by atoms with Crippen molar-refractivity contribution in [2.24, 2.45) is 5.92 Å². The smallest absolute Gasteiger partial charge is 0.222 e. The number of morpholine rings is 1. The minimum Gasteiger partial charge on any atom is -0.390 e. The number of hydrogen-bond acceptors (Lipinski definition) is 4. The molecule has 1 amide bonds. The Labute approximate surface area is 127 Å². The molecule has 5 heteroatoms. The second-order valence-corrected chi connectivity index (χ2v) is 6.79. The van der Waals surface area contributed by atoms with Crippen LogP contribution in [0.4, 0.5) is 0 Å². The fraction of sp³-hybridized carbons (Fsp3) is 0.938. The van der Waals surface area contributed by atoms with Gasteiger partial charge >= 0.3 is 0 Å². The molecule has 0 aromatic rings. The van der Waals surface area contributed by atoms with Crippen LogP contribution in [0.1, 0.15) is 38.5 Å². The second kappa shape index (κ2) is 7.07. The van der Waals surface area contributed by atoms with Crippen LogP contribution in [0.5, 0.6) is 0 Å². The van der Waals surface area contributed by atoms with E-state index in [1.54, 1.807) is 0 Å². The highest BCUT2D eigenvalue weighted by Gasteiger charge is 2.38. The number of hydrogen-bond donors (Lipinski definition) is 1. The summed E-state index contributed by atoms with van der Waals surface area (Å²) in [4.78, 5) is 16.6. The lowest BCUT2D eigenvalue weighted by atomic mass is 9.87.